The first-order valence-electron chi connectivity index (χ1n) is 6.63. The normalized spacial score (nSPS) is 16.8. The second kappa shape index (κ2) is 6.58. The van der Waals surface area contributed by atoms with E-state index in [0.29, 0.717) is 11.1 Å². The summed E-state index contributed by atoms with van der Waals surface area (Å²) in [6, 6.07) is 9.59. The Balaban J connectivity index is 1.93. The number of hydrogen-bond acceptors (Lipinski definition) is 2. The molecule has 0 radical (unpaired) electrons. The van der Waals surface area contributed by atoms with Crippen LogP contribution in [0.2, 0.25) is 5.02 Å². The zero-order chi connectivity index (χ0) is 13.7. The standard InChI is InChI=1S/C15H17ClN2O/c16-13-7-5-11(6-8-13)12(10-17)9-15(19)18-14-3-1-2-4-14/h5-8,12,14H,1-4,9H2,(H,18,19). The van der Waals surface area contributed by atoms with E-state index in [1.54, 1.807) is 24.3 Å². The van der Waals surface area contributed by atoms with Crippen molar-refractivity contribution in [3.8, 4) is 6.07 Å². The second-order valence-electron chi connectivity index (χ2n) is 4.99. The van der Waals surface area contributed by atoms with Gasteiger partial charge in [0.15, 0.2) is 0 Å². The molecule has 0 spiro atoms. The van der Waals surface area contributed by atoms with Crippen LogP contribution in [0.3, 0.4) is 0 Å². The highest BCUT2D eigenvalue weighted by Gasteiger charge is 2.20. The Morgan fingerprint density at radius 1 is 1.37 bits per heavy atom. The van der Waals surface area contributed by atoms with Crippen LogP contribution in [0.15, 0.2) is 24.3 Å². The van der Waals surface area contributed by atoms with Crippen molar-refractivity contribution in [3.63, 3.8) is 0 Å². The van der Waals surface area contributed by atoms with Gasteiger partial charge in [-0.15, -0.1) is 0 Å². The van der Waals surface area contributed by atoms with Crippen LogP contribution < -0.4 is 5.32 Å². The zero-order valence-electron chi connectivity index (χ0n) is 10.7. The first kappa shape index (κ1) is 13.9. The van der Waals surface area contributed by atoms with Gasteiger partial charge in [-0.05, 0) is 30.5 Å². The van der Waals surface area contributed by atoms with Crippen LogP contribution in [0, 0.1) is 11.3 Å². The molecule has 1 aromatic carbocycles. The molecule has 0 aromatic heterocycles. The number of nitriles is 1. The largest absolute Gasteiger partial charge is 0.353 e. The number of benzene rings is 1. The molecular weight excluding hydrogens is 260 g/mol. The average Bonchev–Trinajstić information content (AvgIpc) is 2.90. The Morgan fingerprint density at radius 2 is 2.00 bits per heavy atom. The van der Waals surface area contributed by atoms with E-state index in [-0.39, 0.29) is 12.3 Å². The molecule has 1 unspecified atom stereocenters. The summed E-state index contributed by atoms with van der Waals surface area (Å²) in [4.78, 5) is 11.9. The third-order valence-electron chi connectivity index (χ3n) is 3.54. The van der Waals surface area contributed by atoms with Gasteiger partial charge in [0.2, 0.25) is 5.91 Å². The van der Waals surface area contributed by atoms with Gasteiger partial charge in [0.1, 0.15) is 0 Å². The minimum absolute atomic E-state index is 0.0339. The van der Waals surface area contributed by atoms with Crippen molar-refractivity contribution in [2.45, 2.75) is 44.1 Å². The van der Waals surface area contributed by atoms with Crippen molar-refractivity contribution in [3.05, 3.63) is 34.9 Å². The highest BCUT2D eigenvalue weighted by molar-refractivity contribution is 6.30. The van der Waals surface area contributed by atoms with E-state index in [2.05, 4.69) is 11.4 Å². The molecule has 1 aliphatic carbocycles. The predicted octanol–water partition coefficient (Wildman–Crippen LogP) is 3.40. The van der Waals surface area contributed by atoms with E-state index in [1.165, 1.54) is 12.8 Å². The maximum atomic E-state index is 11.9. The van der Waals surface area contributed by atoms with Gasteiger partial charge in [0.25, 0.3) is 0 Å². The van der Waals surface area contributed by atoms with Gasteiger partial charge in [-0.2, -0.15) is 5.26 Å². The number of hydrogen-bond donors (Lipinski definition) is 1. The van der Waals surface area contributed by atoms with Crippen molar-refractivity contribution < 1.29 is 4.79 Å². The van der Waals surface area contributed by atoms with E-state index in [0.717, 1.165) is 18.4 Å². The van der Waals surface area contributed by atoms with Crippen molar-refractivity contribution >= 4 is 17.5 Å². The number of carbonyl (C=O) groups is 1. The van der Waals surface area contributed by atoms with Crippen molar-refractivity contribution in [1.82, 2.24) is 5.32 Å². The molecule has 100 valence electrons. The number of nitrogens with one attached hydrogen (secondary N) is 1. The third kappa shape index (κ3) is 3.97. The van der Waals surface area contributed by atoms with Crippen molar-refractivity contribution in [1.29, 1.82) is 5.26 Å². The Kier molecular flexibility index (Phi) is 4.81. The van der Waals surface area contributed by atoms with Crippen LogP contribution in [-0.4, -0.2) is 11.9 Å². The number of halogens is 1. The van der Waals surface area contributed by atoms with Crippen LogP contribution >= 0.6 is 11.6 Å². The zero-order valence-corrected chi connectivity index (χ0v) is 11.5. The molecule has 1 saturated carbocycles. The fourth-order valence-corrected chi connectivity index (χ4v) is 2.60. The van der Waals surface area contributed by atoms with E-state index < -0.39 is 5.92 Å². The highest BCUT2D eigenvalue weighted by atomic mass is 35.5. The molecule has 0 heterocycles. The molecule has 1 fully saturated rings. The summed E-state index contributed by atoms with van der Waals surface area (Å²) < 4.78 is 0. The Morgan fingerprint density at radius 3 is 2.58 bits per heavy atom. The first-order chi connectivity index (χ1) is 9.19. The monoisotopic (exact) mass is 276 g/mol. The van der Waals surface area contributed by atoms with Crippen molar-refractivity contribution in [2.24, 2.45) is 0 Å². The first-order valence-corrected chi connectivity index (χ1v) is 7.01. The summed E-state index contributed by atoms with van der Waals surface area (Å²) in [6.45, 7) is 0. The molecule has 2 rings (SSSR count). The minimum atomic E-state index is -0.404. The van der Waals surface area contributed by atoms with Gasteiger partial charge in [-0.25, -0.2) is 0 Å². The maximum Gasteiger partial charge on any atom is 0.221 e. The van der Waals surface area contributed by atoms with E-state index >= 15 is 0 Å². The maximum absolute atomic E-state index is 11.9. The lowest BCUT2D eigenvalue weighted by Crippen LogP contribution is -2.33. The third-order valence-corrected chi connectivity index (χ3v) is 3.79. The fourth-order valence-electron chi connectivity index (χ4n) is 2.48. The van der Waals surface area contributed by atoms with Crippen LogP contribution in [0.4, 0.5) is 0 Å². The highest BCUT2D eigenvalue weighted by Crippen LogP contribution is 2.22. The van der Waals surface area contributed by atoms with Gasteiger partial charge < -0.3 is 5.32 Å². The number of carbonyl (C=O) groups excluding carboxylic acids is 1. The van der Waals surface area contributed by atoms with Crippen LogP contribution in [-0.2, 0) is 4.79 Å². The quantitative estimate of drug-likeness (QED) is 0.916. The lowest BCUT2D eigenvalue weighted by atomic mass is 9.97. The lowest BCUT2D eigenvalue weighted by molar-refractivity contribution is -0.121. The van der Waals surface area contributed by atoms with Gasteiger partial charge in [0.05, 0.1) is 12.0 Å². The summed E-state index contributed by atoms with van der Waals surface area (Å²) in [5.74, 6) is -0.438. The summed E-state index contributed by atoms with van der Waals surface area (Å²) in [6.07, 6.45) is 4.70. The van der Waals surface area contributed by atoms with Gasteiger partial charge in [-0.3, -0.25) is 4.79 Å². The molecule has 1 aliphatic rings. The molecule has 0 saturated heterocycles. The topological polar surface area (TPSA) is 52.9 Å². The van der Waals surface area contributed by atoms with Crippen LogP contribution in [0.1, 0.15) is 43.6 Å². The number of amides is 1. The molecule has 1 amide bonds. The Labute approximate surface area is 118 Å². The van der Waals surface area contributed by atoms with E-state index in [4.69, 9.17) is 11.6 Å². The molecule has 0 bridgehead atoms. The van der Waals surface area contributed by atoms with Crippen LogP contribution in [0.25, 0.3) is 0 Å². The number of nitrogens with zero attached hydrogens (tertiary/aromatic N) is 1. The van der Waals surface area contributed by atoms with E-state index in [1.807, 2.05) is 0 Å². The number of rotatable bonds is 4. The predicted molar refractivity (Wildman–Crippen MR) is 74.8 cm³/mol. The molecule has 0 aliphatic heterocycles. The summed E-state index contributed by atoms with van der Waals surface area (Å²) in [7, 11) is 0. The van der Waals surface area contributed by atoms with Gasteiger partial charge in [0, 0.05) is 17.5 Å². The second-order valence-corrected chi connectivity index (χ2v) is 5.42. The summed E-state index contributed by atoms with van der Waals surface area (Å²) >= 11 is 5.82. The van der Waals surface area contributed by atoms with Crippen LogP contribution in [0.5, 0.6) is 0 Å². The summed E-state index contributed by atoms with van der Waals surface area (Å²) in [5, 5.41) is 12.8. The molecule has 1 atom stereocenters. The molecule has 3 nitrogen and oxygen atoms in total. The summed E-state index contributed by atoms with van der Waals surface area (Å²) in [5.41, 5.74) is 0.841. The molecule has 1 aromatic rings. The molecule has 1 N–H and O–H groups in total. The lowest BCUT2D eigenvalue weighted by Gasteiger charge is -2.14. The van der Waals surface area contributed by atoms with E-state index in [9.17, 15) is 10.1 Å². The minimum Gasteiger partial charge on any atom is -0.353 e. The average molecular weight is 277 g/mol. The Bertz CT molecular complexity index is 472. The fraction of sp³-hybridized carbons (Fsp3) is 0.467. The Hall–Kier alpha value is -1.53. The van der Waals surface area contributed by atoms with Gasteiger partial charge >= 0.3 is 0 Å². The van der Waals surface area contributed by atoms with Gasteiger partial charge in [-0.1, -0.05) is 36.6 Å². The smallest absolute Gasteiger partial charge is 0.221 e. The molecule has 4 heteroatoms. The van der Waals surface area contributed by atoms with Crippen molar-refractivity contribution in [2.75, 3.05) is 0 Å². The SMILES string of the molecule is N#CC(CC(=O)NC1CCCC1)c1ccc(Cl)cc1. The molecule has 19 heavy (non-hydrogen) atoms. The molecular formula is C15H17ClN2O.